The maximum atomic E-state index is 13.0. The van der Waals surface area contributed by atoms with Gasteiger partial charge in [-0.25, -0.2) is 14.3 Å². The van der Waals surface area contributed by atoms with Crippen molar-refractivity contribution in [2.45, 2.75) is 0 Å². The van der Waals surface area contributed by atoms with E-state index < -0.39 is 16.5 Å². The molecule has 8 nitrogen and oxygen atoms in total. The number of benzene rings is 2. The standard InChI is InChI=1S/C20H13ClN2O6S/c1-9-12(5-10-6-15(28-2)17-16(7-10)30-20(27)29-17)18(24)23(22-9)11-3-4-14(21)13(8-11)19(25)26/h3-8,22H,1H2,2H3,(H,25,26)/b12-5+. The average molecular weight is 445 g/mol. The van der Waals surface area contributed by atoms with Crippen molar-refractivity contribution >= 4 is 51.8 Å². The maximum absolute atomic E-state index is 13.0. The van der Waals surface area contributed by atoms with E-state index in [0.29, 0.717) is 32.6 Å². The number of aromatic nitrogens is 2. The number of carboxylic acids is 1. The fourth-order valence-corrected chi connectivity index (χ4v) is 3.94. The predicted octanol–water partition coefficient (Wildman–Crippen LogP) is 1.93. The number of aromatic amines is 1. The molecule has 2 N–H and O–H groups in total. The molecule has 0 saturated carbocycles. The van der Waals surface area contributed by atoms with Gasteiger partial charge in [0.1, 0.15) is 0 Å². The molecule has 152 valence electrons. The summed E-state index contributed by atoms with van der Waals surface area (Å²) in [6.07, 6.45) is 1.60. The van der Waals surface area contributed by atoms with Crippen LogP contribution in [0.2, 0.25) is 5.02 Å². The van der Waals surface area contributed by atoms with Crippen molar-refractivity contribution in [3.63, 3.8) is 0 Å². The molecule has 0 amide bonds. The lowest BCUT2D eigenvalue weighted by Crippen LogP contribution is -2.34. The summed E-state index contributed by atoms with van der Waals surface area (Å²) in [6, 6.07) is 7.56. The predicted molar refractivity (Wildman–Crippen MR) is 114 cm³/mol. The Bertz CT molecular complexity index is 1540. The van der Waals surface area contributed by atoms with Crippen molar-refractivity contribution in [3.05, 3.63) is 77.1 Å². The number of methoxy groups -OCH3 is 1. The van der Waals surface area contributed by atoms with E-state index in [0.717, 1.165) is 11.3 Å². The molecule has 2 aromatic carbocycles. The highest BCUT2D eigenvalue weighted by atomic mass is 35.5. The molecule has 0 aliphatic rings. The number of aromatic carboxylic acids is 1. The molecule has 2 aromatic heterocycles. The van der Waals surface area contributed by atoms with Crippen molar-refractivity contribution in [1.29, 1.82) is 0 Å². The molecular formula is C20H13ClN2O6S. The first-order chi connectivity index (χ1) is 14.3. The Morgan fingerprint density at radius 3 is 2.80 bits per heavy atom. The number of carbonyl (C=O) groups is 1. The fourth-order valence-electron chi connectivity index (χ4n) is 3.01. The zero-order chi connectivity index (χ0) is 21.6. The van der Waals surface area contributed by atoms with Crippen LogP contribution in [-0.2, 0) is 0 Å². The highest BCUT2D eigenvalue weighted by molar-refractivity contribution is 7.16. The second kappa shape index (κ2) is 7.36. The number of hydrogen-bond donors (Lipinski definition) is 2. The lowest BCUT2D eigenvalue weighted by Gasteiger charge is -2.04. The van der Waals surface area contributed by atoms with Gasteiger partial charge in [-0.05, 0) is 42.0 Å². The van der Waals surface area contributed by atoms with Crippen molar-refractivity contribution in [3.8, 4) is 11.4 Å². The van der Waals surface area contributed by atoms with Crippen molar-refractivity contribution < 1.29 is 19.1 Å². The second-order valence-electron chi connectivity index (χ2n) is 6.26. The molecule has 4 rings (SSSR count). The minimum absolute atomic E-state index is 0.0620. The van der Waals surface area contributed by atoms with Crippen LogP contribution in [0, 0.1) is 0 Å². The number of fused-ring (bicyclic) bond motifs is 1. The third-order valence-corrected chi connectivity index (χ3v) is 5.50. The number of H-pyrrole nitrogens is 1. The van der Waals surface area contributed by atoms with Crippen LogP contribution in [0.1, 0.15) is 15.9 Å². The summed E-state index contributed by atoms with van der Waals surface area (Å²) < 4.78 is 12.2. The highest BCUT2D eigenvalue weighted by Gasteiger charge is 2.13. The average Bonchev–Trinajstić information content (AvgIpc) is 3.21. The summed E-state index contributed by atoms with van der Waals surface area (Å²) in [5, 5.41) is 12.7. The number of hydrogen-bond acceptors (Lipinski definition) is 6. The van der Waals surface area contributed by atoms with Crippen LogP contribution in [0.5, 0.6) is 5.75 Å². The molecule has 30 heavy (non-hydrogen) atoms. The second-order valence-corrected chi connectivity index (χ2v) is 7.65. The zero-order valence-corrected chi connectivity index (χ0v) is 17.0. The number of nitrogens with zero attached hydrogens (tertiary/aromatic N) is 1. The molecular weight excluding hydrogens is 432 g/mol. The molecule has 0 aliphatic carbocycles. The quantitative estimate of drug-likeness (QED) is 0.497. The maximum Gasteiger partial charge on any atom is 0.396 e. The van der Waals surface area contributed by atoms with Gasteiger partial charge in [0.2, 0.25) is 0 Å². The van der Waals surface area contributed by atoms with Crippen LogP contribution >= 0.6 is 22.9 Å². The summed E-state index contributed by atoms with van der Waals surface area (Å²) in [5.41, 5.74) is 0.683. The minimum Gasteiger partial charge on any atom is -0.493 e. The third-order valence-electron chi connectivity index (χ3n) is 4.40. The Hall–Kier alpha value is -3.56. The topological polar surface area (TPSA) is 115 Å². The Morgan fingerprint density at radius 2 is 2.10 bits per heavy atom. The summed E-state index contributed by atoms with van der Waals surface area (Å²) in [4.78, 5) is 35.4. The molecule has 0 aliphatic heterocycles. The number of halogens is 1. The van der Waals surface area contributed by atoms with Crippen molar-refractivity contribution in [1.82, 2.24) is 9.78 Å². The summed E-state index contributed by atoms with van der Waals surface area (Å²) in [5.74, 6) is -0.843. The van der Waals surface area contributed by atoms with Gasteiger partial charge in [0, 0.05) is 0 Å². The van der Waals surface area contributed by atoms with Crippen LogP contribution in [-0.4, -0.2) is 28.0 Å². The van der Waals surface area contributed by atoms with E-state index in [-0.39, 0.29) is 15.8 Å². The van der Waals surface area contributed by atoms with Gasteiger partial charge >= 0.3 is 10.9 Å². The van der Waals surface area contributed by atoms with E-state index in [9.17, 15) is 19.5 Å². The van der Waals surface area contributed by atoms with Gasteiger partial charge in [0.25, 0.3) is 5.56 Å². The number of ether oxygens (including phenoxy) is 1. The van der Waals surface area contributed by atoms with Crippen LogP contribution in [0.25, 0.3) is 28.6 Å². The highest BCUT2D eigenvalue weighted by Crippen LogP contribution is 2.29. The van der Waals surface area contributed by atoms with E-state index in [4.69, 9.17) is 20.8 Å². The van der Waals surface area contributed by atoms with Gasteiger partial charge in [-0.2, -0.15) is 0 Å². The minimum atomic E-state index is -1.21. The lowest BCUT2D eigenvalue weighted by molar-refractivity contribution is 0.0697. The molecule has 0 fully saturated rings. The normalized spacial score (nSPS) is 11.9. The molecule has 10 heteroatoms. The van der Waals surface area contributed by atoms with E-state index >= 15 is 0 Å². The number of carboxylic acid groups (broad SMARTS) is 1. The largest absolute Gasteiger partial charge is 0.493 e. The molecule has 0 radical (unpaired) electrons. The molecule has 4 aromatic rings. The number of rotatable bonds is 4. The van der Waals surface area contributed by atoms with Gasteiger partial charge < -0.3 is 14.3 Å². The van der Waals surface area contributed by atoms with Gasteiger partial charge in [-0.1, -0.05) is 29.5 Å². The van der Waals surface area contributed by atoms with E-state index in [1.165, 1.54) is 30.0 Å². The monoisotopic (exact) mass is 444 g/mol. The molecule has 0 unspecified atom stereocenters. The van der Waals surface area contributed by atoms with Crippen molar-refractivity contribution in [2.75, 3.05) is 7.11 Å². The van der Waals surface area contributed by atoms with E-state index in [1.54, 1.807) is 18.2 Å². The summed E-state index contributed by atoms with van der Waals surface area (Å²) in [7, 11) is 1.45. The Balaban J connectivity index is 1.91. The van der Waals surface area contributed by atoms with Crippen LogP contribution in [0.3, 0.4) is 0 Å². The van der Waals surface area contributed by atoms with Crippen LogP contribution in [0.15, 0.2) is 44.3 Å². The lowest BCUT2D eigenvalue weighted by atomic mass is 10.1. The Labute approximate surface area is 176 Å². The molecule has 0 atom stereocenters. The third kappa shape index (κ3) is 3.34. The molecule has 2 heterocycles. The van der Waals surface area contributed by atoms with E-state index in [1.807, 2.05) is 0 Å². The van der Waals surface area contributed by atoms with Crippen LogP contribution in [0.4, 0.5) is 0 Å². The van der Waals surface area contributed by atoms with Crippen molar-refractivity contribution in [2.24, 2.45) is 0 Å². The first-order valence-corrected chi connectivity index (χ1v) is 9.64. The van der Waals surface area contributed by atoms with E-state index in [2.05, 4.69) is 11.7 Å². The van der Waals surface area contributed by atoms with Gasteiger partial charge in [-0.3, -0.25) is 9.89 Å². The first kappa shape index (κ1) is 19.7. The van der Waals surface area contributed by atoms with Gasteiger partial charge in [-0.15, -0.1) is 0 Å². The molecule has 0 saturated heterocycles. The van der Waals surface area contributed by atoms with Gasteiger partial charge in [0.15, 0.2) is 11.3 Å². The SMILES string of the molecule is C=c1[nH]n(-c2ccc(Cl)c(C(=O)O)c2)c(=O)/c1=C/c1cc(OC)c2oc(=O)sc2c1. The summed E-state index contributed by atoms with van der Waals surface area (Å²) in [6.45, 7) is 3.86. The fraction of sp³-hybridized carbons (Fsp3) is 0.0500. The van der Waals surface area contributed by atoms with Gasteiger partial charge in [0.05, 0.1) is 38.7 Å². The first-order valence-electron chi connectivity index (χ1n) is 8.45. The summed E-state index contributed by atoms with van der Waals surface area (Å²) >= 11 is 6.83. The zero-order valence-electron chi connectivity index (χ0n) is 15.4. The van der Waals surface area contributed by atoms with Crippen LogP contribution < -0.4 is 25.8 Å². The Kier molecular flexibility index (Phi) is 4.84. The molecule has 0 bridgehead atoms. The smallest absolute Gasteiger partial charge is 0.396 e. The number of nitrogens with one attached hydrogen (secondary N) is 1. The Morgan fingerprint density at radius 1 is 1.33 bits per heavy atom. The molecule has 0 spiro atoms.